The minimum atomic E-state index is -0.431. The lowest BCUT2D eigenvalue weighted by Gasteiger charge is -1.84. The van der Waals surface area contributed by atoms with Gasteiger partial charge in [-0.15, -0.1) is 12.4 Å². The molecule has 2 rings (SSSR count). The summed E-state index contributed by atoms with van der Waals surface area (Å²) in [6, 6.07) is 8.85. The van der Waals surface area contributed by atoms with E-state index in [2.05, 4.69) is 4.98 Å². The summed E-state index contributed by atoms with van der Waals surface area (Å²) in [4.78, 5) is 12.6. The highest BCUT2D eigenvalue weighted by Crippen LogP contribution is 2.19. The monoisotopic (exact) mass is 198 g/mol. The standard InChI is InChI=1S/C8H6N2O2.ClH/c11-10(12)8-5-6-3-1-2-4-7(6)9-8;/h1-5,9H;1H. The molecular weight excluding hydrogens is 192 g/mol. The molecule has 68 valence electrons. The van der Waals surface area contributed by atoms with Crippen LogP contribution in [0.2, 0.25) is 0 Å². The Kier molecular flexibility index (Phi) is 2.53. The zero-order chi connectivity index (χ0) is 8.55. The molecule has 0 fully saturated rings. The molecule has 0 saturated heterocycles. The fourth-order valence-electron chi connectivity index (χ4n) is 1.16. The Morgan fingerprint density at radius 3 is 2.62 bits per heavy atom. The molecule has 1 N–H and O–H groups in total. The molecule has 0 atom stereocenters. The number of nitro groups is 1. The Bertz CT molecular complexity index is 405. The van der Waals surface area contributed by atoms with Gasteiger partial charge >= 0.3 is 5.82 Å². The van der Waals surface area contributed by atoms with E-state index in [0.717, 1.165) is 10.9 Å². The average molecular weight is 199 g/mol. The van der Waals surface area contributed by atoms with Gasteiger partial charge in [-0.05, 0) is 11.0 Å². The van der Waals surface area contributed by atoms with Gasteiger partial charge in [-0.2, -0.15) is 0 Å². The number of aromatic amines is 1. The summed E-state index contributed by atoms with van der Waals surface area (Å²) in [5.74, 6) is 0.0381. The summed E-state index contributed by atoms with van der Waals surface area (Å²) in [5.41, 5.74) is 0.796. The molecule has 4 nitrogen and oxygen atoms in total. The van der Waals surface area contributed by atoms with Crippen LogP contribution in [0.3, 0.4) is 0 Å². The van der Waals surface area contributed by atoms with Gasteiger partial charge in [-0.25, -0.2) is 4.98 Å². The number of nitrogens with zero attached hydrogens (tertiary/aromatic N) is 1. The summed E-state index contributed by atoms with van der Waals surface area (Å²) in [6.07, 6.45) is 0. The van der Waals surface area contributed by atoms with Crippen molar-refractivity contribution in [2.24, 2.45) is 0 Å². The van der Waals surface area contributed by atoms with Crippen LogP contribution in [0.25, 0.3) is 10.9 Å². The predicted molar refractivity (Wildman–Crippen MR) is 52.2 cm³/mol. The van der Waals surface area contributed by atoms with E-state index in [1.807, 2.05) is 24.3 Å². The highest BCUT2D eigenvalue weighted by Gasteiger charge is 2.07. The number of benzene rings is 1. The van der Waals surface area contributed by atoms with Crippen molar-refractivity contribution < 1.29 is 4.92 Å². The van der Waals surface area contributed by atoms with Crippen molar-refractivity contribution in [3.05, 3.63) is 40.4 Å². The molecule has 0 radical (unpaired) electrons. The molecule has 0 aliphatic carbocycles. The van der Waals surface area contributed by atoms with Crippen molar-refractivity contribution in [3.8, 4) is 0 Å². The van der Waals surface area contributed by atoms with Crippen molar-refractivity contribution in [2.75, 3.05) is 0 Å². The maximum Gasteiger partial charge on any atom is 0.321 e. The van der Waals surface area contributed by atoms with E-state index < -0.39 is 4.92 Å². The van der Waals surface area contributed by atoms with Crippen LogP contribution in [-0.2, 0) is 0 Å². The third-order valence-electron chi connectivity index (χ3n) is 1.71. The maximum absolute atomic E-state index is 10.3. The van der Waals surface area contributed by atoms with Gasteiger partial charge in [-0.3, -0.25) is 0 Å². The first kappa shape index (κ1) is 9.54. The number of fused-ring (bicyclic) bond motifs is 1. The van der Waals surface area contributed by atoms with E-state index in [1.165, 1.54) is 6.07 Å². The van der Waals surface area contributed by atoms with Crippen LogP contribution in [0.5, 0.6) is 0 Å². The number of H-pyrrole nitrogens is 1. The normalized spacial score (nSPS) is 9.54. The van der Waals surface area contributed by atoms with Crippen molar-refractivity contribution in [1.29, 1.82) is 0 Å². The van der Waals surface area contributed by atoms with Gasteiger partial charge in [0.25, 0.3) is 0 Å². The van der Waals surface area contributed by atoms with Crippen LogP contribution < -0.4 is 0 Å². The molecule has 1 aromatic carbocycles. The number of hydrogen-bond acceptors (Lipinski definition) is 2. The second kappa shape index (κ2) is 3.45. The molecule has 0 unspecified atom stereocenters. The Hall–Kier alpha value is -1.55. The SMILES string of the molecule is Cl.O=[N+]([O-])c1cc2ccccc2[nH]1. The van der Waals surface area contributed by atoms with Gasteiger partial charge < -0.3 is 10.1 Å². The van der Waals surface area contributed by atoms with Crippen molar-refractivity contribution in [2.45, 2.75) is 0 Å². The molecule has 0 saturated carbocycles. The van der Waals surface area contributed by atoms with Crippen LogP contribution in [0.4, 0.5) is 5.82 Å². The molecule has 1 heterocycles. The molecule has 13 heavy (non-hydrogen) atoms. The second-order valence-corrected chi connectivity index (χ2v) is 2.50. The molecule has 1 aromatic heterocycles. The molecular formula is C8H7ClN2O2. The minimum Gasteiger partial charge on any atom is -0.358 e. The number of para-hydroxylation sites is 1. The van der Waals surface area contributed by atoms with Crippen molar-refractivity contribution in [3.63, 3.8) is 0 Å². The largest absolute Gasteiger partial charge is 0.358 e. The first-order chi connectivity index (χ1) is 5.77. The van der Waals surface area contributed by atoms with E-state index in [-0.39, 0.29) is 18.2 Å². The van der Waals surface area contributed by atoms with Gasteiger partial charge in [0, 0.05) is 11.5 Å². The van der Waals surface area contributed by atoms with E-state index in [1.54, 1.807) is 0 Å². The van der Waals surface area contributed by atoms with Crippen LogP contribution >= 0.6 is 12.4 Å². The lowest BCUT2D eigenvalue weighted by Crippen LogP contribution is -1.85. The van der Waals surface area contributed by atoms with Gasteiger partial charge in [0.15, 0.2) is 0 Å². The van der Waals surface area contributed by atoms with Crippen molar-refractivity contribution >= 4 is 29.1 Å². The van der Waals surface area contributed by atoms with Gasteiger partial charge in [0.2, 0.25) is 0 Å². The number of nitrogens with one attached hydrogen (secondary N) is 1. The first-order valence-electron chi connectivity index (χ1n) is 3.49. The third-order valence-corrected chi connectivity index (χ3v) is 1.71. The maximum atomic E-state index is 10.3. The topological polar surface area (TPSA) is 58.9 Å². The fourth-order valence-corrected chi connectivity index (χ4v) is 1.16. The molecule has 0 amide bonds. The van der Waals surface area contributed by atoms with E-state index in [4.69, 9.17) is 0 Å². The summed E-state index contributed by atoms with van der Waals surface area (Å²) in [5, 5.41) is 11.2. The summed E-state index contributed by atoms with van der Waals surface area (Å²) in [7, 11) is 0. The van der Waals surface area contributed by atoms with Crippen LogP contribution in [-0.4, -0.2) is 9.91 Å². The highest BCUT2D eigenvalue weighted by atomic mass is 35.5. The average Bonchev–Trinajstić information content (AvgIpc) is 2.46. The third kappa shape index (κ3) is 1.62. The summed E-state index contributed by atoms with van der Waals surface area (Å²) >= 11 is 0. The number of aromatic nitrogens is 1. The van der Waals surface area contributed by atoms with Gasteiger partial charge in [-0.1, -0.05) is 18.2 Å². The lowest BCUT2D eigenvalue weighted by atomic mass is 10.2. The first-order valence-corrected chi connectivity index (χ1v) is 3.49. The highest BCUT2D eigenvalue weighted by molar-refractivity contribution is 5.85. The zero-order valence-corrected chi connectivity index (χ0v) is 7.38. The molecule has 5 heteroatoms. The fraction of sp³-hybridized carbons (Fsp3) is 0. The molecule has 0 aliphatic rings. The Morgan fingerprint density at radius 1 is 1.31 bits per heavy atom. The minimum absolute atomic E-state index is 0. The Balaban J connectivity index is 0.000000845. The molecule has 0 aliphatic heterocycles. The summed E-state index contributed by atoms with van der Waals surface area (Å²) in [6.45, 7) is 0. The van der Waals surface area contributed by atoms with E-state index in [9.17, 15) is 10.1 Å². The Morgan fingerprint density at radius 2 is 2.00 bits per heavy atom. The molecule has 0 spiro atoms. The zero-order valence-electron chi connectivity index (χ0n) is 6.56. The Labute approximate surface area is 80.1 Å². The van der Waals surface area contributed by atoms with Crippen molar-refractivity contribution in [1.82, 2.24) is 4.98 Å². The number of halogens is 1. The van der Waals surface area contributed by atoms with E-state index >= 15 is 0 Å². The second-order valence-electron chi connectivity index (χ2n) is 2.50. The van der Waals surface area contributed by atoms with Crippen LogP contribution in [0.15, 0.2) is 30.3 Å². The molecule has 2 aromatic rings. The molecule has 0 bridgehead atoms. The van der Waals surface area contributed by atoms with Crippen LogP contribution in [0, 0.1) is 10.1 Å². The quantitative estimate of drug-likeness (QED) is 0.565. The van der Waals surface area contributed by atoms with Gasteiger partial charge in [0.05, 0.1) is 0 Å². The van der Waals surface area contributed by atoms with Gasteiger partial charge in [0.1, 0.15) is 5.52 Å². The number of hydrogen-bond donors (Lipinski definition) is 1. The van der Waals surface area contributed by atoms with E-state index in [0.29, 0.717) is 0 Å². The smallest absolute Gasteiger partial charge is 0.321 e. The predicted octanol–water partition coefficient (Wildman–Crippen LogP) is 2.50. The number of rotatable bonds is 1. The summed E-state index contributed by atoms with van der Waals surface area (Å²) < 4.78 is 0. The van der Waals surface area contributed by atoms with Crippen LogP contribution in [0.1, 0.15) is 0 Å². The lowest BCUT2D eigenvalue weighted by molar-refractivity contribution is -0.389.